The van der Waals surface area contributed by atoms with Gasteiger partial charge >= 0.3 is 5.69 Å². The molecular formula is C15H19N3O2. The van der Waals surface area contributed by atoms with Crippen LogP contribution in [-0.2, 0) is 17.9 Å². The molecule has 1 heterocycles. The summed E-state index contributed by atoms with van der Waals surface area (Å²) in [6.07, 6.45) is 4.25. The number of carbonyl (C=O) groups excluding carboxylic acids is 1. The number of carbonyl (C=O) groups is 1. The number of imidazole rings is 1. The highest BCUT2D eigenvalue weighted by Crippen LogP contribution is 2.08. The molecule has 0 fully saturated rings. The average molecular weight is 273 g/mol. The highest BCUT2D eigenvalue weighted by atomic mass is 16.2. The van der Waals surface area contributed by atoms with Crippen molar-refractivity contribution in [3.63, 3.8) is 0 Å². The highest BCUT2D eigenvalue weighted by Gasteiger charge is 2.07. The van der Waals surface area contributed by atoms with Gasteiger partial charge < -0.3 is 5.32 Å². The molecule has 1 aromatic heterocycles. The third-order valence-corrected chi connectivity index (χ3v) is 3.03. The van der Waals surface area contributed by atoms with Gasteiger partial charge in [0.15, 0.2) is 0 Å². The van der Waals surface area contributed by atoms with Crippen LogP contribution in [-0.4, -0.2) is 15.0 Å². The molecule has 0 unspecified atom stereocenters. The molecular weight excluding hydrogens is 254 g/mol. The van der Waals surface area contributed by atoms with Crippen molar-refractivity contribution in [3.05, 3.63) is 52.7 Å². The topological polar surface area (TPSA) is 56.0 Å². The van der Waals surface area contributed by atoms with E-state index in [1.807, 2.05) is 38.1 Å². The van der Waals surface area contributed by atoms with Crippen molar-refractivity contribution in [3.8, 4) is 0 Å². The molecule has 5 nitrogen and oxygen atoms in total. The molecule has 2 rings (SSSR count). The Bertz CT molecular complexity index is 638. The molecule has 0 spiro atoms. The molecule has 2 aromatic rings. The van der Waals surface area contributed by atoms with Gasteiger partial charge in [-0.3, -0.25) is 13.9 Å². The summed E-state index contributed by atoms with van der Waals surface area (Å²) in [6, 6.07) is 7.55. The molecule has 0 aliphatic heterocycles. The Labute approximate surface area is 117 Å². The van der Waals surface area contributed by atoms with Gasteiger partial charge in [0.1, 0.15) is 6.54 Å². The molecule has 1 N–H and O–H groups in total. The summed E-state index contributed by atoms with van der Waals surface area (Å²) in [7, 11) is 0. The summed E-state index contributed by atoms with van der Waals surface area (Å²) in [5, 5.41) is 2.78. The first kappa shape index (κ1) is 14.1. The second kappa shape index (κ2) is 6.23. The molecule has 0 aliphatic carbocycles. The van der Waals surface area contributed by atoms with Crippen LogP contribution in [0.4, 0.5) is 5.69 Å². The van der Waals surface area contributed by atoms with Gasteiger partial charge in [-0.1, -0.05) is 24.6 Å². The second-order valence-corrected chi connectivity index (χ2v) is 4.82. The van der Waals surface area contributed by atoms with Crippen LogP contribution in [0.3, 0.4) is 0 Å². The van der Waals surface area contributed by atoms with Crippen LogP contribution in [0, 0.1) is 6.92 Å². The first-order valence-corrected chi connectivity index (χ1v) is 6.72. The largest absolute Gasteiger partial charge is 0.328 e. The van der Waals surface area contributed by atoms with Crippen LogP contribution in [0.15, 0.2) is 41.5 Å². The Morgan fingerprint density at radius 2 is 1.80 bits per heavy atom. The molecule has 106 valence electrons. The van der Waals surface area contributed by atoms with E-state index in [-0.39, 0.29) is 18.1 Å². The van der Waals surface area contributed by atoms with E-state index >= 15 is 0 Å². The Balaban J connectivity index is 2.01. The lowest BCUT2D eigenvalue weighted by atomic mass is 10.2. The number of aryl methyl sites for hydroxylation is 2. The van der Waals surface area contributed by atoms with E-state index in [4.69, 9.17) is 0 Å². The third-order valence-electron chi connectivity index (χ3n) is 3.03. The normalized spacial score (nSPS) is 10.5. The van der Waals surface area contributed by atoms with Gasteiger partial charge in [0.2, 0.25) is 5.91 Å². The number of rotatable bonds is 5. The summed E-state index contributed by atoms with van der Waals surface area (Å²) < 4.78 is 3.03. The van der Waals surface area contributed by atoms with Crippen molar-refractivity contribution in [1.29, 1.82) is 0 Å². The van der Waals surface area contributed by atoms with Crippen molar-refractivity contribution < 1.29 is 4.79 Å². The maximum absolute atomic E-state index is 11.9. The number of nitrogens with one attached hydrogen (secondary N) is 1. The van der Waals surface area contributed by atoms with Gasteiger partial charge in [-0.2, -0.15) is 0 Å². The number of nitrogens with zero attached hydrogens (tertiary/aromatic N) is 2. The fraction of sp³-hybridized carbons (Fsp3) is 0.333. The number of aromatic nitrogens is 2. The van der Waals surface area contributed by atoms with E-state index in [1.54, 1.807) is 17.0 Å². The molecule has 0 radical (unpaired) electrons. The van der Waals surface area contributed by atoms with Gasteiger partial charge in [0.05, 0.1) is 0 Å². The Kier molecular flexibility index (Phi) is 4.40. The Morgan fingerprint density at radius 3 is 2.45 bits per heavy atom. The number of hydrogen-bond donors (Lipinski definition) is 1. The highest BCUT2D eigenvalue weighted by molar-refractivity contribution is 5.90. The zero-order valence-corrected chi connectivity index (χ0v) is 11.8. The van der Waals surface area contributed by atoms with E-state index in [9.17, 15) is 9.59 Å². The van der Waals surface area contributed by atoms with Gasteiger partial charge in [-0.15, -0.1) is 0 Å². The number of hydrogen-bond acceptors (Lipinski definition) is 2. The molecule has 0 aliphatic rings. The van der Waals surface area contributed by atoms with Crippen molar-refractivity contribution in [1.82, 2.24) is 9.13 Å². The predicted molar refractivity (Wildman–Crippen MR) is 78.8 cm³/mol. The smallest absolute Gasteiger partial charge is 0.325 e. The maximum atomic E-state index is 11.9. The van der Waals surface area contributed by atoms with Gasteiger partial charge in [0, 0.05) is 24.6 Å². The molecule has 0 bridgehead atoms. The van der Waals surface area contributed by atoms with Crippen LogP contribution >= 0.6 is 0 Å². The fourth-order valence-electron chi connectivity index (χ4n) is 1.98. The number of benzene rings is 1. The van der Waals surface area contributed by atoms with E-state index < -0.39 is 0 Å². The summed E-state index contributed by atoms with van der Waals surface area (Å²) in [5.74, 6) is -0.204. The SMILES string of the molecule is CCCn1ccn(CC(=O)Nc2ccc(C)cc2)c1=O. The predicted octanol–water partition coefficient (Wildman–Crippen LogP) is 2.01. The van der Waals surface area contributed by atoms with Crippen LogP contribution in [0.2, 0.25) is 0 Å². The zero-order chi connectivity index (χ0) is 14.5. The van der Waals surface area contributed by atoms with E-state index in [0.29, 0.717) is 6.54 Å². The minimum absolute atomic E-state index is 0.0312. The monoisotopic (exact) mass is 273 g/mol. The maximum Gasteiger partial charge on any atom is 0.328 e. The standard InChI is InChI=1S/C15H19N3O2/c1-3-8-17-9-10-18(15(17)20)11-14(19)16-13-6-4-12(2)5-7-13/h4-7,9-10H,3,8,11H2,1-2H3,(H,16,19). The summed E-state index contributed by atoms with van der Waals surface area (Å²) >= 11 is 0. The molecule has 5 heteroatoms. The van der Waals surface area contributed by atoms with Gasteiger partial charge in [0.25, 0.3) is 0 Å². The van der Waals surface area contributed by atoms with E-state index in [1.165, 1.54) is 4.57 Å². The van der Waals surface area contributed by atoms with Crippen molar-refractivity contribution in [2.75, 3.05) is 5.32 Å². The lowest BCUT2D eigenvalue weighted by Gasteiger charge is -2.05. The van der Waals surface area contributed by atoms with Crippen LogP contribution in [0.5, 0.6) is 0 Å². The van der Waals surface area contributed by atoms with Crippen molar-refractivity contribution in [2.45, 2.75) is 33.4 Å². The van der Waals surface area contributed by atoms with Crippen LogP contribution < -0.4 is 11.0 Å². The molecule has 1 aromatic carbocycles. The molecule has 20 heavy (non-hydrogen) atoms. The minimum Gasteiger partial charge on any atom is -0.325 e. The van der Waals surface area contributed by atoms with Crippen molar-refractivity contribution in [2.24, 2.45) is 0 Å². The Hall–Kier alpha value is -2.30. The zero-order valence-electron chi connectivity index (χ0n) is 11.8. The minimum atomic E-state index is -0.204. The van der Waals surface area contributed by atoms with Crippen LogP contribution in [0.1, 0.15) is 18.9 Å². The van der Waals surface area contributed by atoms with Crippen LogP contribution in [0.25, 0.3) is 0 Å². The summed E-state index contributed by atoms with van der Waals surface area (Å²) in [6.45, 7) is 4.70. The summed E-state index contributed by atoms with van der Waals surface area (Å²) in [4.78, 5) is 23.8. The molecule has 1 amide bonds. The second-order valence-electron chi connectivity index (χ2n) is 4.82. The number of amides is 1. The quantitative estimate of drug-likeness (QED) is 0.906. The first-order valence-electron chi connectivity index (χ1n) is 6.72. The molecule has 0 saturated carbocycles. The van der Waals surface area contributed by atoms with Crippen molar-refractivity contribution >= 4 is 11.6 Å². The Morgan fingerprint density at radius 1 is 1.15 bits per heavy atom. The fourth-order valence-corrected chi connectivity index (χ4v) is 1.98. The van der Waals surface area contributed by atoms with Gasteiger partial charge in [-0.25, -0.2) is 4.79 Å². The lowest BCUT2D eigenvalue weighted by Crippen LogP contribution is -2.29. The third kappa shape index (κ3) is 3.38. The van der Waals surface area contributed by atoms with E-state index in [2.05, 4.69) is 5.32 Å². The molecule has 0 atom stereocenters. The van der Waals surface area contributed by atoms with E-state index in [0.717, 1.165) is 17.7 Å². The molecule has 0 saturated heterocycles. The average Bonchev–Trinajstić information content (AvgIpc) is 2.75. The first-order chi connectivity index (χ1) is 9.60. The van der Waals surface area contributed by atoms with Gasteiger partial charge in [-0.05, 0) is 25.5 Å². The lowest BCUT2D eigenvalue weighted by molar-refractivity contribution is -0.116. The summed E-state index contributed by atoms with van der Waals surface area (Å²) in [5.41, 5.74) is 1.73. The number of anilines is 1.